The Hall–Kier alpha value is -1.12. The number of nitrogens with zero attached hydrogens (tertiary/aromatic N) is 1. The molecule has 1 aromatic carbocycles. The Labute approximate surface area is 93.5 Å². The average Bonchev–Trinajstić information content (AvgIpc) is 2.22. The van der Waals surface area contributed by atoms with Crippen LogP contribution in [0.5, 0.6) is 0 Å². The predicted octanol–water partition coefficient (Wildman–Crippen LogP) is 3.00. The van der Waals surface area contributed by atoms with Gasteiger partial charge < -0.3 is 5.11 Å². The second-order valence-corrected chi connectivity index (χ2v) is 4.08. The van der Waals surface area contributed by atoms with Crippen LogP contribution in [0.4, 0.5) is 0 Å². The number of hydrogen-bond donors (Lipinski definition) is 1. The first kappa shape index (κ1) is 10.4. The Balaban J connectivity index is 2.95. The molecule has 15 heavy (non-hydrogen) atoms. The molecular weight excluding hydrogens is 210 g/mol. The molecule has 0 saturated carbocycles. The summed E-state index contributed by atoms with van der Waals surface area (Å²) in [5.41, 5.74) is 3.70. The van der Waals surface area contributed by atoms with Gasteiger partial charge in [-0.2, -0.15) is 0 Å². The largest absolute Gasteiger partial charge is 0.392 e. The maximum absolute atomic E-state index is 9.29. The Morgan fingerprint density at radius 3 is 2.73 bits per heavy atom. The number of benzene rings is 1. The molecule has 0 saturated heterocycles. The van der Waals surface area contributed by atoms with Gasteiger partial charge in [0.1, 0.15) is 0 Å². The van der Waals surface area contributed by atoms with Crippen molar-refractivity contribution in [2.24, 2.45) is 0 Å². The predicted molar refractivity (Wildman–Crippen MR) is 62.1 cm³/mol. The van der Waals surface area contributed by atoms with Crippen molar-refractivity contribution in [3.8, 4) is 0 Å². The van der Waals surface area contributed by atoms with Crippen molar-refractivity contribution in [3.63, 3.8) is 0 Å². The van der Waals surface area contributed by atoms with Crippen LogP contribution < -0.4 is 0 Å². The zero-order valence-corrected chi connectivity index (χ0v) is 9.47. The molecule has 1 heterocycles. The van der Waals surface area contributed by atoms with Crippen molar-refractivity contribution in [1.29, 1.82) is 0 Å². The SMILES string of the molecule is Cc1cc(CO)c2c(Cl)ccc(C)c2n1. The summed E-state index contributed by atoms with van der Waals surface area (Å²) in [7, 11) is 0. The van der Waals surface area contributed by atoms with Crippen LogP contribution >= 0.6 is 11.6 Å². The number of aliphatic hydroxyl groups excluding tert-OH is 1. The van der Waals surface area contributed by atoms with Crippen molar-refractivity contribution in [2.75, 3.05) is 0 Å². The summed E-state index contributed by atoms with van der Waals surface area (Å²) in [6, 6.07) is 5.65. The molecule has 0 unspecified atom stereocenters. The molecule has 1 aromatic heterocycles. The summed E-state index contributed by atoms with van der Waals surface area (Å²) < 4.78 is 0. The van der Waals surface area contributed by atoms with Gasteiger partial charge in [0.05, 0.1) is 17.1 Å². The Morgan fingerprint density at radius 2 is 2.07 bits per heavy atom. The highest BCUT2D eigenvalue weighted by Gasteiger charge is 2.08. The maximum Gasteiger partial charge on any atom is 0.0752 e. The minimum atomic E-state index is -0.0109. The van der Waals surface area contributed by atoms with Gasteiger partial charge in [-0.1, -0.05) is 17.7 Å². The van der Waals surface area contributed by atoms with Gasteiger partial charge in [-0.15, -0.1) is 0 Å². The Morgan fingerprint density at radius 1 is 1.33 bits per heavy atom. The Kier molecular flexibility index (Phi) is 2.63. The standard InChI is InChI=1S/C12H12ClNO/c1-7-3-4-10(13)11-9(6-15)5-8(2)14-12(7)11/h3-5,15H,6H2,1-2H3. The lowest BCUT2D eigenvalue weighted by Gasteiger charge is -2.09. The Bertz CT molecular complexity index is 523. The zero-order valence-electron chi connectivity index (χ0n) is 8.71. The van der Waals surface area contributed by atoms with Gasteiger partial charge in [0.25, 0.3) is 0 Å². The summed E-state index contributed by atoms with van der Waals surface area (Å²) in [6.07, 6.45) is 0. The van der Waals surface area contributed by atoms with Crippen LogP contribution in [0.15, 0.2) is 18.2 Å². The molecule has 0 aliphatic rings. The second kappa shape index (κ2) is 3.80. The highest BCUT2D eigenvalue weighted by molar-refractivity contribution is 6.35. The van der Waals surface area contributed by atoms with Gasteiger partial charge in [-0.3, -0.25) is 4.98 Å². The van der Waals surface area contributed by atoms with E-state index in [1.807, 2.05) is 32.0 Å². The molecule has 1 N–H and O–H groups in total. The van der Waals surface area contributed by atoms with Crippen molar-refractivity contribution < 1.29 is 5.11 Å². The molecule has 2 nitrogen and oxygen atoms in total. The normalized spacial score (nSPS) is 10.9. The number of pyridine rings is 1. The molecule has 3 heteroatoms. The molecule has 2 rings (SSSR count). The van der Waals surface area contributed by atoms with E-state index >= 15 is 0 Å². The number of fused-ring (bicyclic) bond motifs is 1. The van der Waals surface area contributed by atoms with E-state index in [0.29, 0.717) is 5.02 Å². The fraction of sp³-hybridized carbons (Fsp3) is 0.250. The average molecular weight is 222 g/mol. The fourth-order valence-electron chi connectivity index (χ4n) is 1.78. The molecule has 0 spiro atoms. The third-order valence-electron chi connectivity index (χ3n) is 2.49. The van der Waals surface area contributed by atoms with Gasteiger partial charge in [-0.05, 0) is 37.1 Å². The molecule has 0 atom stereocenters. The third-order valence-corrected chi connectivity index (χ3v) is 2.81. The minimum absolute atomic E-state index is 0.0109. The van der Waals surface area contributed by atoms with E-state index in [-0.39, 0.29) is 6.61 Å². The molecule has 2 aromatic rings. The summed E-state index contributed by atoms with van der Waals surface area (Å²) in [6.45, 7) is 3.90. The number of halogens is 1. The lowest BCUT2D eigenvalue weighted by atomic mass is 10.1. The second-order valence-electron chi connectivity index (χ2n) is 3.67. The molecule has 78 valence electrons. The molecular formula is C12H12ClNO. The lowest BCUT2D eigenvalue weighted by Crippen LogP contribution is -1.94. The van der Waals surface area contributed by atoms with Gasteiger partial charge in [0, 0.05) is 11.1 Å². The number of aliphatic hydroxyl groups is 1. The van der Waals surface area contributed by atoms with Crippen molar-refractivity contribution in [1.82, 2.24) is 4.98 Å². The van der Waals surface area contributed by atoms with Gasteiger partial charge in [-0.25, -0.2) is 0 Å². The topological polar surface area (TPSA) is 33.1 Å². The number of rotatable bonds is 1. The smallest absolute Gasteiger partial charge is 0.0752 e. The molecule has 0 amide bonds. The summed E-state index contributed by atoms with van der Waals surface area (Å²) in [5.74, 6) is 0. The fourth-order valence-corrected chi connectivity index (χ4v) is 2.05. The van der Waals surface area contributed by atoms with Gasteiger partial charge in [0.2, 0.25) is 0 Å². The van der Waals surface area contributed by atoms with Crippen molar-refractivity contribution in [2.45, 2.75) is 20.5 Å². The quantitative estimate of drug-likeness (QED) is 0.803. The van der Waals surface area contributed by atoms with Gasteiger partial charge in [0.15, 0.2) is 0 Å². The highest BCUT2D eigenvalue weighted by Crippen LogP contribution is 2.28. The first-order chi connectivity index (χ1) is 7.13. The van der Waals surface area contributed by atoms with E-state index < -0.39 is 0 Å². The third kappa shape index (κ3) is 1.71. The summed E-state index contributed by atoms with van der Waals surface area (Å²) in [4.78, 5) is 4.45. The van der Waals surface area contributed by atoms with Crippen molar-refractivity contribution in [3.05, 3.63) is 40.0 Å². The minimum Gasteiger partial charge on any atom is -0.392 e. The first-order valence-electron chi connectivity index (χ1n) is 4.79. The van der Waals surface area contributed by atoms with Crippen molar-refractivity contribution >= 4 is 22.5 Å². The van der Waals surface area contributed by atoms with Gasteiger partial charge >= 0.3 is 0 Å². The summed E-state index contributed by atoms with van der Waals surface area (Å²) in [5, 5.41) is 10.8. The van der Waals surface area contributed by atoms with Crippen LogP contribution in [0.1, 0.15) is 16.8 Å². The van der Waals surface area contributed by atoms with Crippen LogP contribution in [-0.2, 0) is 6.61 Å². The van der Waals surface area contributed by atoms with Crippen LogP contribution in [0.3, 0.4) is 0 Å². The molecule has 0 fully saturated rings. The zero-order chi connectivity index (χ0) is 11.0. The van der Waals surface area contributed by atoms with Crippen LogP contribution in [0.25, 0.3) is 10.9 Å². The number of aryl methyl sites for hydroxylation is 2. The van der Waals surface area contributed by atoms with E-state index in [4.69, 9.17) is 11.6 Å². The monoisotopic (exact) mass is 221 g/mol. The lowest BCUT2D eigenvalue weighted by molar-refractivity contribution is 0.283. The molecule has 0 aliphatic heterocycles. The van der Waals surface area contributed by atoms with E-state index in [0.717, 1.165) is 27.7 Å². The molecule has 0 aliphatic carbocycles. The van der Waals surface area contributed by atoms with E-state index in [1.165, 1.54) is 0 Å². The van der Waals surface area contributed by atoms with Crippen LogP contribution in [-0.4, -0.2) is 10.1 Å². The van der Waals surface area contributed by atoms with Crippen LogP contribution in [0.2, 0.25) is 5.02 Å². The summed E-state index contributed by atoms with van der Waals surface area (Å²) >= 11 is 6.11. The molecule has 0 radical (unpaired) electrons. The van der Waals surface area contributed by atoms with E-state index in [1.54, 1.807) is 0 Å². The maximum atomic E-state index is 9.29. The number of hydrogen-bond acceptors (Lipinski definition) is 2. The molecule has 0 bridgehead atoms. The highest BCUT2D eigenvalue weighted by atomic mass is 35.5. The number of aromatic nitrogens is 1. The van der Waals surface area contributed by atoms with E-state index in [2.05, 4.69) is 4.98 Å². The van der Waals surface area contributed by atoms with Crippen LogP contribution in [0, 0.1) is 13.8 Å². The van der Waals surface area contributed by atoms with E-state index in [9.17, 15) is 5.11 Å². The first-order valence-corrected chi connectivity index (χ1v) is 5.17.